The van der Waals surface area contributed by atoms with Crippen LogP contribution in [-0.4, -0.2) is 11.8 Å². The van der Waals surface area contributed by atoms with Crippen LogP contribution in [0, 0.1) is 25.2 Å². The van der Waals surface area contributed by atoms with Gasteiger partial charge in [-0.3, -0.25) is 9.59 Å². The molecule has 0 saturated carbocycles. The first kappa shape index (κ1) is 18.9. The summed E-state index contributed by atoms with van der Waals surface area (Å²) in [5.74, 6) is -0.639. The van der Waals surface area contributed by atoms with Crippen molar-refractivity contribution in [2.45, 2.75) is 13.8 Å². The van der Waals surface area contributed by atoms with Crippen LogP contribution in [0.5, 0.6) is 0 Å². The van der Waals surface area contributed by atoms with Crippen molar-refractivity contribution in [2.75, 3.05) is 10.6 Å². The second-order valence-electron chi connectivity index (χ2n) is 6.48. The van der Waals surface area contributed by atoms with Gasteiger partial charge in [-0.25, -0.2) is 0 Å². The summed E-state index contributed by atoms with van der Waals surface area (Å²) in [5.41, 5.74) is 4.67. The zero-order chi connectivity index (χ0) is 20.1. The van der Waals surface area contributed by atoms with Crippen molar-refractivity contribution >= 4 is 23.2 Å². The number of benzene rings is 3. The zero-order valence-corrected chi connectivity index (χ0v) is 15.6. The van der Waals surface area contributed by atoms with Crippen molar-refractivity contribution in [3.05, 3.63) is 94.5 Å². The summed E-state index contributed by atoms with van der Waals surface area (Å²) in [7, 11) is 0. The fourth-order valence-corrected chi connectivity index (χ4v) is 2.69. The molecule has 0 unspecified atom stereocenters. The number of amides is 2. The molecule has 0 atom stereocenters. The monoisotopic (exact) mass is 369 g/mol. The molecule has 2 amide bonds. The predicted octanol–water partition coefficient (Wildman–Crippen LogP) is 4.68. The Morgan fingerprint density at radius 1 is 0.750 bits per heavy atom. The van der Waals surface area contributed by atoms with Crippen molar-refractivity contribution in [3.8, 4) is 6.07 Å². The number of nitrogens with zero attached hydrogens (tertiary/aromatic N) is 1. The molecule has 0 radical (unpaired) electrons. The third kappa shape index (κ3) is 4.43. The van der Waals surface area contributed by atoms with Gasteiger partial charge in [-0.05, 0) is 73.5 Å². The summed E-state index contributed by atoms with van der Waals surface area (Å²) in [6.07, 6.45) is 0. The number of hydrogen-bond donors (Lipinski definition) is 2. The topological polar surface area (TPSA) is 82.0 Å². The van der Waals surface area contributed by atoms with E-state index < -0.39 is 0 Å². The summed E-state index contributed by atoms with van der Waals surface area (Å²) < 4.78 is 0. The molecule has 3 aromatic rings. The first-order valence-electron chi connectivity index (χ1n) is 8.76. The minimum atomic E-state index is -0.351. The van der Waals surface area contributed by atoms with Gasteiger partial charge < -0.3 is 10.6 Å². The highest BCUT2D eigenvalue weighted by Crippen LogP contribution is 2.17. The maximum Gasteiger partial charge on any atom is 0.255 e. The summed E-state index contributed by atoms with van der Waals surface area (Å²) in [5, 5.41) is 14.5. The Morgan fingerprint density at radius 2 is 1.36 bits per heavy atom. The minimum absolute atomic E-state index is 0.288. The van der Waals surface area contributed by atoms with Gasteiger partial charge in [0.15, 0.2) is 0 Å². The Kier molecular flexibility index (Phi) is 5.52. The Labute approximate surface area is 163 Å². The van der Waals surface area contributed by atoms with Crippen LogP contribution >= 0.6 is 0 Å². The molecule has 2 N–H and O–H groups in total. The quantitative estimate of drug-likeness (QED) is 0.700. The second-order valence-corrected chi connectivity index (χ2v) is 6.48. The first-order chi connectivity index (χ1) is 13.5. The molecule has 138 valence electrons. The van der Waals surface area contributed by atoms with E-state index in [0.29, 0.717) is 28.1 Å². The number of nitrogens with one attached hydrogen (secondary N) is 2. The van der Waals surface area contributed by atoms with Gasteiger partial charge in [0.1, 0.15) is 0 Å². The molecular weight excluding hydrogens is 350 g/mol. The third-order valence-electron chi connectivity index (χ3n) is 4.40. The molecule has 0 aliphatic heterocycles. The van der Waals surface area contributed by atoms with E-state index in [1.165, 1.54) is 0 Å². The van der Waals surface area contributed by atoms with E-state index in [9.17, 15) is 9.59 Å². The Morgan fingerprint density at radius 3 is 1.96 bits per heavy atom. The smallest absolute Gasteiger partial charge is 0.255 e. The normalized spacial score (nSPS) is 10.0. The molecular formula is C23H19N3O2. The zero-order valence-electron chi connectivity index (χ0n) is 15.6. The number of carbonyl (C=O) groups is 2. The van der Waals surface area contributed by atoms with Gasteiger partial charge >= 0.3 is 0 Å². The van der Waals surface area contributed by atoms with Crippen LogP contribution in [0.15, 0.2) is 66.7 Å². The van der Waals surface area contributed by atoms with Gasteiger partial charge in [0.05, 0.1) is 11.6 Å². The second kappa shape index (κ2) is 8.19. The maximum absolute atomic E-state index is 12.5. The lowest BCUT2D eigenvalue weighted by Crippen LogP contribution is -2.15. The standard InChI is InChI=1S/C23H19N3O2/c1-15-9-10-21(11-16(15)2)26-23(28)19-7-4-6-18(13-19)22(27)25-20-8-3-5-17(12-20)14-24/h3-13H,1-2H3,(H,25,27)(H,26,28). The molecule has 0 spiro atoms. The lowest BCUT2D eigenvalue weighted by molar-refractivity contribution is 0.102. The van der Waals surface area contributed by atoms with Gasteiger partial charge in [-0.1, -0.05) is 18.2 Å². The molecule has 28 heavy (non-hydrogen) atoms. The average Bonchev–Trinajstić information content (AvgIpc) is 2.71. The molecule has 0 aliphatic rings. The van der Waals surface area contributed by atoms with Crippen molar-refractivity contribution in [1.82, 2.24) is 0 Å². The van der Waals surface area contributed by atoms with E-state index in [-0.39, 0.29) is 11.8 Å². The largest absolute Gasteiger partial charge is 0.322 e. The molecule has 0 fully saturated rings. The average molecular weight is 369 g/mol. The molecule has 0 saturated heterocycles. The molecule has 5 heteroatoms. The van der Waals surface area contributed by atoms with Crippen LogP contribution in [-0.2, 0) is 0 Å². The van der Waals surface area contributed by atoms with E-state index >= 15 is 0 Å². The number of hydrogen-bond acceptors (Lipinski definition) is 3. The van der Waals surface area contributed by atoms with E-state index in [1.54, 1.807) is 48.5 Å². The highest BCUT2D eigenvalue weighted by atomic mass is 16.2. The number of aryl methyl sites for hydroxylation is 2. The fourth-order valence-electron chi connectivity index (χ4n) is 2.69. The third-order valence-corrected chi connectivity index (χ3v) is 4.40. The number of rotatable bonds is 4. The fraction of sp³-hybridized carbons (Fsp3) is 0.0870. The van der Waals surface area contributed by atoms with Crippen LogP contribution in [0.4, 0.5) is 11.4 Å². The maximum atomic E-state index is 12.5. The van der Waals surface area contributed by atoms with Crippen molar-refractivity contribution in [2.24, 2.45) is 0 Å². The summed E-state index contributed by atoms with van der Waals surface area (Å²) >= 11 is 0. The summed E-state index contributed by atoms with van der Waals surface area (Å²) in [6, 6.07) is 20.9. The van der Waals surface area contributed by atoms with Crippen molar-refractivity contribution in [3.63, 3.8) is 0 Å². The molecule has 0 heterocycles. The van der Waals surface area contributed by atoms with Gasteiger partial charge in [-0.2, -0.15) is 5.26 Å². The van der Waals surface area contributed by atoms with Gasteiger partial charge in [0.25, 0.3) is 11.8 Å². The summed E-state index contributed by atoms with van der Waals surface area (Å²) in [4.78, 5) is 25.1. The highest BCUT2D eigenvalue weighted by Gasteiger charge is 2.12. The van der Waals surface area contributed by atoms with E-state index in [4.69, 9.17) is 5.26 Å². The van der Waals surface area contributed by atoms with Gasteiger partial charge in [0, 0.05) is 22.5 Å². The van der Waals surface area contributed by atoms with Crippen molar-refractivity contribution < 1.29 is 9.59 Å². The van der Waals surface area contributed by atoms with Crippen LogP contribution in [0.25, 0.3) is 0 Å². The van der Waals surface area contributed by atoms with E-state index in [1.807, 2.05) is 38.1 Å². The Bertz CT molecular complexity index is 1100. The van der Waals surface area contributed by atoms with Crippen molar-refractivity contribution in [1.29, 1.82) is 5.26 Å². The SMILES string of the molecule is Cc1ccc(NC(=O)c2cccc(C(=O)Nc3cccc(C#N)c3)c2)cc1C. The predicted molar refractivity (Wildman–Crippen MR) is 109 cm³/mol. The number of anilines is 2. The summed E-state index contributed by atoms with van der Waals surface area (Å²) in [6.45, 7) is 3.99. The molecule has 3 rings (SSSR count). The number of carbonyl (C=O) groups excluding carboxylic acids is 2. The van der Waals surface area contributed by atoms with Crippen LogP contribution in [0.2, 0.25) is 0 Å². The first-order valence-corrected chi connectivity index (χ1v) is 8.76. The molecule has 0 aliphatic carbocycles. The highest BCUT2D eigenvalue weighted by molar-refractivity contribution is 6.08. The molecule has 5 nitrogen and oxygen atoms in total. The number of nitriles is 1. The van der Waals surface area contributed by atoms with E-state index in [0.717, 1.165) is 11.1 Å². The lowest BCUT2D eigenvalue weighted by atomic mass is 10.1. The van der Waals surface area contributed by atoms with Gasteiger partial charge in [-0.15, -0.1) is 0 Å². The molecule has 3 aromatic carbocycles. The van der Waals surface area contributed by atoms with E-state index in [2.05, 4.69) is 10.6 Å². The Hall–Kier alpha value is -3.91. The molecule has 0 bridgehead atoms. The van der Waals surface area contributed by atoms with Gasteiger partial charge in [0.2, 0.25) is 0 Å². The lowest BCUT2D eigenvalue weighted by Gasteiger charge is -2.09. The van der Waals surface area contributed by atoms with Crippen LogP contribution < -0.4 is 10.6 Å². The molecule has 0 aromatic heterocycles. The van der Waals surface area contributed by atoms with Crippen LogP contribution in [0.3, 0.4) is 0 Å². The Balaban J connectivity index is 1.75. The minimum Gasteiger partial charge on any atom is -0.322 e. The van der Waals surface area contributed by atoms with Crippen LogP contribution in [0.1, 0.15) is 37.4 Å².